The number of phenols is 1. The normalized spacial score (nSPS) is 19.1. The van der Waals surface area contributed by atoms with Gasteiger partial charge in [-0.1, -0.05) is 12.5 Å². The van der Waals surface area contributed by atoms with Gasteiger partial charge in [-0.15, -0.1) is 0 Å². The number of nitrogens with one attached hydrogen (secondary N) is 2. The highest BCUT2D eigenvalue weighted by molar-refractivity contribution is 5.86. The van der Waals surface area contributed by atoms with E-state index in [9.17, 15) is 9.90 Å². The van der Waals surface area contributed by atoms with Crippen molar-refractivity contribution < 1.29 is 14.6 Å². The van der Waals surface area contributed by atoms with Crippen molar-refractivity contribution in [2.75, 3.05) is 11.9 Å². The number of hydrogen-bond acceptors (Lipinski definition) is 4. The molecule has 0 aliphatic carbocycles. The van der Waals surface area contributed by atoms with Gasteiger partial charge in [0.05, 0.1) is 5.69 Å². The third kappa shape index (κ3) is 4.63. The van der Waals surface area contributed by atoms with Crippen molar-refractivity contribution >= 4 is 11.8 Å². The SMILES string of the molecule is CC(C)(C)OC(=O)Nc1ccc(C2CCCCN2)cc1O. The maximum atomic E-state index is 11.7. The number of ether oxygens (including phenoxy) is 1. The number of amides is 1. The first-order valence-electron chi connectivity index (χ1n) is 7.41. The number of hydrogen-bond donors (Lipinski definition) is 3. The molecule has 1 aromatic carbocycles. The molecule has 5 nitrogen and oxygen atoms in total. The highest BCUT2D eigenvalue weighted by Crippen LogP contribution is 2.30. The van der Waals surface area contributed by atoms with Crippen LogP contribution in [0.25, 0.3) is 0 Å². The Morgan fingerprint density at radius 2 is 2.14 bits per heavy atom. The zero-order valence-electron chi connectivity index (χ0n) is 12.9. The van der Waals surface area contributed by atoms with E-state index in [4.69, 9.17) is 4.74 Å². The molecule has 0 spiro atoms. The van der Waals surface area contributed by atoms with E-state index >= 15 is 0 Å². The van der Waals surface area contributed by atoms with Gasteiger partial charge in [0.1, 0.15) is 11.4 Å². The fraction of sp³-hybridized carbons (Fsp3) is 0.562. The van der Waals surface area contributed by atoms with Crippen LogP contribution in [0.15, 0.2) is 18.2 Å². The van der Waals surface area contributed by atoms with Crippen LogP contribution in [0.2, 0.25) is 0 Å². The number of carbonyl (C=O) groups is 1. The summed E-state index contributed by atoms with van der Waals surface area (Å²) in [6.45, 7) is 6.39. The van der Waals surface area contributed by atoms with E-state index in [0.29, 0.717) is 5.69 Å². The summed E-state index contributed by atoms with van der Waals surface area (Å²) < 4.78 is 5.17. The second kappa shape index (κ2) is 6.35. The fourth-order valence-corrected chi connectivity index (χ4v) is 2.42. The van der Waals surface area contributed by atoms with Gasteiger partial charge in [-0.05, 0) is 57.9 Å². The Kier molecular flexibility index (Phi) is 4.73. The Labute approximate surface area is 125 Å². The zero-order valence-corrected chi connectivity index (χ0v) is 12.9. The first-order valence-corrected chi connectivity index (χ1v) is 7.41. The number of anilines is 1. The molecule has 0 radical (unpaired) electrons. The van der Waals surface area contributed by atoms with Crippen LogP contribution in [0.5, 0.6) is 5.75 Å². The molecule has 1 amide bonds. The summed E-state index contributed by atoms with van der Waals surface area (Å²) in [6.07, 6.45) is 2.89. The summed E-state index contributed by atoms with van der Waals surface area (Å²) in [7, 11) is 0. The number of phenolic OH excluding ortho intramolecular Hbond substituents is 1. The Hall–Kier alpha value is -1.75. The van der Waals surface area contributed by atoms with Crippen molar-refractivity contribution in [1.29, 1.82) is 0 Å². The molecule has 21 heavy (non-hydrogen) atoms. The Bertz CT molecular complexity index is 503. The summed E-state index contributed by atoms with van der Waals surface area (Å²) in [5, 5.41) is 16.1. The van der Waals surface area contributed by atoms with Crippen LogP contribution < -0.4 is 10.6 Å². The van der Waals surface area contributed by atoms with Gasteiger partial charge >= 0.3 is 6.09 Å². The van der Waals surface area contributed by atoms with Gasteiger partial charge < -0.3 is 15.2 Å². The van der Waals surface area contributed by atoms with E-state index in [0.717, 1.165) is 18.5 Å². The molecule has 1 saturated heterocycles. The van der Waals surface area contributed by atoms with Crippen molar-refractivity contribution in [3.63, 3.8) is 0 Å². The smallest absolute Gasteiger partial charge is 0.412 e. The highest BCUT2D eigenvalue weighted by atomic mass is 16.6. The van der Waals surface area contributed by atoms with Gasteiger partial charge in [-0.2, -0.15) is 0 Å². The van der Waals surface area contributed by atoms with Gasteiger partial charge in [0.25, 0.3) is 0 Å². The maximum Gasteiger partial charge on any atom is 0.412 e. The van der Waals surface area contributed by atoms with Gasteiger partial charge in [0, 0.05) is 6.04 Å². The van der Waals surface area contributed by atoms with E-state index in [1.807, 2.05) is 6.07 Å². The number of rotatable bonds is 2. The third-order valence-corrected chi connectivity index (χ3v) is 3.37. The van der Waals surface area contributed by atoms with E-state index < -0.39 is 11.7 Å². The number of benzene rings is 1. The van der Waals surface area contributed by atoms with Crippen molar-refractivity contribution in [2.45, 2.75) is 51.7 Å². The minimum Gasteiger partial charge on any atom is -0.506 e. The van der Waals surface area contributed by atoms with Crippen LogP contribution in [-0.2, 0) is 4.74 Å². The van der Waals surface area contributed by atoms with Crippen molar-refractivity contribution in [1.82, 2.24) is 5.32 Å². The van der Waals surface area contributed by atoms with Gasteiger partial charge in [-0.25, -0.2) is 4.79 Å². The average Bonchev–Trinajstić information content (AvgIpc) is 2.40. The molecule has 1 fully saturated rings. The quantitative estimate of drug-likeness (QED) is 0.729. The number of aromatic hydroxyl groups is 1. The predicted octanol–water partition coefficient (Wildman–Crippen LogP) is 3.55. The standard InChI is InChI=1S/C16H24N2O3/c1-16(2,3)21-15(20)18-13-8-7-11(10-14(13)19)12-6-4-5-9-17-12/h7-8,10,12,17,19H,4-6,9H2,1-3H3,(H,18,20). The minimum atomic E-state index is -0.568. The van der Waals surface area contributed by atoms with Gasteiger partial charge in [-0.3, -0.25) is 5.32 Å². The molecule has 3 N–H and O–H groups in total. The average molecular weight is 292 g/mol. The molecule has 0 bridgehead atoms. The lowest BCUT2D eigenvalue weighted by Crippen LogP contribution is -2.27. The van der Waals surface area contributed by atoms with Crippen LogP contribution in [0.3, 0.4) is 0 Å². The molecule has 0 saturated carbocycles. The molecular weight excluding hydrogens is 268 g/mol. The number of carbonyl (C=O) groups excluding carboxylic acids is 1. The lowest BCUT2D eigenvalue weighted by Gasteiger charge is -2.24. The summed E-state index contributed by atoms with van der Waals surface area (Å²) >= 11 is 0. The Balaban J connectivity index is 2.03. The van der Waals surface area contributed by atoms with Crippen LogP contribution in [-0.4, -0.2) is 23.3 Å². The summed E-state index contributed by atoms with van der Waals surface area (Å²) in [5.41, 5.74) is 0.844. The lowest BCUT2D eigenvalue weighted by atomic mass is 9.97. The van der Waals surface area contributed by atoms with E-state index in [1.54, 1.807) is 32.9 Å². The van der Waals surface area contributed by atoms with Gasteiger partial charge in [0.2, 0.25) is 0 Å². The van der Waals surface area contributed by atoms with Crippen LogP contribution in [0.4, 0.5) is 10.5 Å². The molecule has 1 atom stereocenters. The predicted molar refractivity (Wildman–Crippen MR) is 82.6 cm³/mol. The van der Waals surface area contributed by atoms with E-state index in [1.165, 1.54) is 12.8 Å². The molecular formula is C16H24N2O3. The molecule has 1 aliphatic rings. The van der Waals surface area contributed by atoms with Crippen molar-refractivity contribution in [3.05, 3.63) is 23.8 Å². The first kappa shape index (κ1) is 15.6. The Morgan fingerprint density at radius 3 is 2.71 bits per heavy atom. The topological polar surface area (TPSA) is 70.6 Å². The van der Waals surface area contributed by atoms with Crippen LogP contribution >= 0.6 is 0 Å². The van der Waals surface area contributed by atoms with Crippen LogP contribution in [0, 0.1) is 0 Å². The van der Waals surface area contributed by atoms with Crippen molar-refractivity contribution in [3.8, 4) is 5.75 Å². The molecule has 1 unspecified atom stereocenters. The zero-order chi connectivity index (χ0) is 15.5. The third-order valence-electron chi connectivity index (χ3n) is 3.37. The second-order valence-corrected chi connectivity index (χ2v) is 6.41. The van der Waals surface area contributed by atoms with Crippen molar-refractivity contribution in [2.24, 2.45) is 0 Å². The molecule has 1 heterocycles. The summed E-state index contributed by atoms with van der Waals surface area (Å²) in [4.78, 5) is 11.7. The molecule has 0 aromatic heterocycles. The molecule has 1 aromatic rings. The first-order chi connectivity index (χ1) is 9.85. The monoisotopic (exact) mass is 292 g/mol. The van der Waals surface area contributed by atoms with E-state index in [-0.39, 0.29) is 11.8 Å². The fourth-order valence-electron chi connectivity index (χ4n) is 2.42. The van der Waals surface area contributed by atoms with E-state index in [2.05, 4.69) is 10.6 Å². The maximum absolute atomic E-state index is 11.7. The minimum absolute atomic E-state index is 0.0609. The Morgan fingerprint density at radius 1 is 1.38 bits per heavy atom. The lowest BCUT2D eigenvalue weighted by molar-refractivity contribution is 0.0635. The number of piperidine rings is 1. The van der Waals surface area contributed by atoms with Crippen LogP contribution in [0.1, 0.15) is 51.6 Å². The highest BCUT2D eigenvalue weighted by Gasteiger charge is 2.19. The molecule has 116 valence electrons. The molecule has 1 aliphatic heterocycles. The van der Waals surface area contributed by atoms with Gasteiger partial charge in [0.15, 0.2) is 0 Å². The molecule has 2 rings (SSSR count). The largest absolute Gasteiger partial charge is 0.506 e. The summed E-state index contributed by atoms with van der Waals surface area (Å²) in [6, 6.07) is 5.62. The summed E-state index contributed by atoms with van der Waals surface area (Å²) in [5.74, 6) is 0.0609. The molecule has 5 heteroatoms. The second-order valence-electron chi connectivity index (χ2n) is 6.41.